The van der Waals surface area contributed by atoms with E-state index in [1.54, 1.807) is 4.90 Å². The molecule has 2 fully saturated rings. The summed E-state index contributed by atoms with van der Waals surface area (Å²) >= 11 is 0. The van der Waals surface area contributed by atoms with E-state index in [-0.39, 0.29) is 18.0 Å². The molecule has 0 spiro atoms. The Bertz CT molecular complexity index is 587. The normalized spacial score (nSPS) is 23.1. The van der Waals surface area contributed by atoms with Crippen LogP contribution >= 0.6 is 0 Å². The van der Waals surface area contributed by atoms with Crippen molar-refractivity contribution in [1.82, 2.24) is 20.4 Å². The van der Waals surface area contributed by atoms with E-state index in [4.69, 9.17) is 9.73 Å². The third kappa shape index (κ3) is 7.74. The zero-order valence-electron chi connectivity index (χ0n) is 18.8. The molecule has 0 aromatic rings. The van der Waals surface area contributed by atoms with Gasteiger partial charge in [0.05, 0.1) is 0 Å². The van der Waals surface area contributed by atoms with Crippen molar-refractivity contribution >= 4 is 18.0 Å². The van der Waals surface area contributed by atoms with Gasteiger partial charge in [-0.25, -0.2) is 4.79 Å². The Morgan fingerprint density at radius 2 is 1.86 bits per heavy atom. The number of amides is 2. The molecule has 8 heteroatoms. The number of piperidine rings is 1. The Balaban J connectivity index is 1.87. The lowest BCUT2D eigenvalue weighted by molar-refractivity contribution is -0.129. The van der Waals surface area contributed by atoms with Gasteiger partial charge in [0.15, 0.2) is 5.96 Å². The van der Waals surface area contributed by atoms with Gasteiger partial charge in [-0.15, -0.1) is 0 Å². The molecule has 0 saturated carbocycles. The minimum atomic E-state index is -0.474. The highest BCUT2D eigenvalue weighted by Crippen LogP contribution is 2.19. The van der Waals surface area contributed by atoms with Crippen molar-refractivity contribution in [3.8, 4) is 0 Å². The number of hydrogen-bond donors (Lipinski definition) is 2. The average molecular weight is 410 g/mol. The fourth-order valence-electron chi connectivity index (χ4n) is 3.77. The summed E-state index contributed by atoms with van der Waals surface area (Å²) < 4.78 is 5.51. The summed E-state index contributed by atoms with van der Waals surface area (Å²) in [5, 5.41) is 6.77. The molecule has 2 heterocycles. The molecule has 29 heavy (non-hydrogen) atoms. The number of nitrogens with zero attached hydrogens (tertiary/aromatic N) is 3. The van der Waals surface area contributed by atoms with E-state index in [0.29, 0.717) is 25.4 Å². The fourth-order valence-corrected chi connectivity index (χ4v) is 3.77. The molecule has 0 aromatic carbocycles. The molecule has 0 bridgehead atoms. The SMILES string of the molecule is CCNC(=NCC1CCCN(C(=O)OC(C)(C)C)C1)NC1CCN(C(=O)CC)C1. The number of rotatable bonds is 5. The van der Waals surface area contributed by atoms with Crippen LogP contribution in [0.25, 0.3) is 0 Å². The first-order valence-electron chi connectivity index (χ1n) is 11.0. The van der Waals surface area contributed by atoms with Gasteiger partial charge >= 0.3 is 6.09 Å². The summed E-state index contributed by atoms with van der Waals surface area (Å²) in [6, 6.07) is 0.230. The number of aliphatic imine (C=N–C) groups is 1. The van der Waals surface area contributed by atoms with Crippen molar-refractivity contribution in [2.24, 2.45) is 10.9 Å². The highest BCUT2D eigenvalue weighted by molar-refractivity contribution is 5.80. The Morgan fingerprint density at radius 3 is 2.52 bits per heavy atom. The summed E-state index contributed by atoms with van der Waals surface area (Å²) in [6.07, 6.45) is 3.29. The lowest BCUT2D eigenvalue weighted by Crippen LogP contribution is -2.46. The van der Waals surface area contributed by atoms with E-state index in [9.17, 15) is 9.59 Å². The molecule has 2 atom stereocenters. The first kappa shape index (κ1) is 23.3. The van der Waals surface area contributed by atoms with Crippen LogP contribution in [0, 0.1) is 5.92 Å². The fraction of sp³-hybridized carbons (Fsp3) is 0.857. The lowest BCUT2D eigenvalue weighted by Gasteiger charge is -2.33. The van der Waals surface area contributed by atoms with Gasteiger partial charge in [0, 0.05) is 51.7 Å². The number of nitrogens with one attached hydrogen (secondary N) is 2. The van der Waals surface area contributed by atoms with Gasteiger partial charge < -0.3 is 25.2 Å². The molecule has 2 N–H and O–H groups in total. The highest BCUT2D eigenvalue weighted by Gasteiger charge is 2.28. The summed E-state index contributed by atoms with van der Waals surface area (Å²) in [5.41, 5.74) is -0.474. The van der Waals surface area contributed by atoms with Crippen LogP contribution in [-0.2, 0) is 9.53 Å². The van der Waals surface area contributed by atoms with Crippen LogP contribution in [0.2, 0.25) is 0 Å². The maximum Gasteiger partial charge on any atom is 0.410 e. The van der Waals surface area contributed by atoms with Gasteiger partial charge in [0.25, 0.3) is 0 Å². The van der Waals surface area contributed by atoms with Crippen LogP contribution in [0.3, 0.4) is 0 Å². The summed E-state index contributed by atoms with van der Waals surface area (Å²) in [6.45, 7) is 14.0. The van der Waals surface area contributed by atoms with E-state index < -0.39 is 5.60 Å². The van der Waals surface area contributed by atoms with Gasteiger partial charge in [-0.3, -0.25) is 9.79 Å². The molecular formula is C21H39N5O3. The highest BCUT2D eigenvalue weighted by atomic mass is 16.6. The van der Waals surface area contributed by atoms with Gasteiger partial charge in [-0.1, -0.05) is 6.92 Å². The molecule has 0 aromatic heterocycles. The second kappa shape index (κ2) is 10.7. The first-order chi connectivity index (χ1) is 13.7. The summed E-state index contributed by atoms with van der Waals surface area (Å²) in [4.78, 5) is 32.7. The maximum absolute atomic E-state index is 12.4. The summed E-state index contributed by atoms with van der Waals surface area (Å²) in [5.74, 6) is 1.33. The quantitative estimate of drug-likeness (QED) is 0.537. The molecule has 2 amide bonds. The molecule has 0 radical (unpaired) electrons. The second-order valence-corrected chi connectivity index (χ2v) is 8.98. The van der Waals surface area contributed by atoms with Crippen LogP contribution < -0.4 is 10.6 Å². The Hall–Kier alpha value is -1.99. The van der Waals surface area contributed by atoms with Crippen molar-refractivity contribution in [1.29, 1.82) is 0 Å². The second-order valence-electron chi connectivity index (χ2n) is 8.98. The maximum atomic E-state index is 12.4. The van der Waals surface area contributed by atoms with Crippen molar-refractivity contribution in [2.75, 3.05) is 39.3 Å². The van der Waals surface area contributed by atoms with Crippen LogP contribution in [-0.4, -0.2) is 78.7 Å². The van der Waals surface area contributed by atoms with E-state index in [0.717, 1.165) is 51.4 Å². The first-order valence-corrected chi connectivity index (χ1v) is 11.0. The monoisotopic (exact) mass is 409 g/mol. The Kier molecular flexibility index (Phi) is 8.59. The molecule has 2 aliphatic heterocycles. The van der Waals surface area contributed by atoms with E-state index >= 15 is 0 Å². The third-order valence-electron chi connectivity index (χ3n) is 5.21. The standard InChI is InChI=1S/C21H39N5O3/c1-6-18(27)25-12-10-17(15-25)24-19(22-7-2)23-13-16-9-8-11-26(14-16)20(28)29-21(3,4)5/h16-17H,6-15H2,1-5H3,(H2,22,23,24). The van der Waals surface area contributed by atoms with E-state index in [1.165, 1.54) is 0 Å². The lowest BCUT2D eigenvalue weighted by atomic mass is 9.98. The third-order valence-corrected chi connectivity index (χ3v) is 5.21. The topological polar surface area (TPSA) is 86.3 Å². The van der Waals surface area contributed by atoms with Crippen molar-refractivity contribution in [2.45, 2.75) is 71.9 Å². The molecule has 2 rings (SSSR count). The minimum absolute atomic E-state index is 0.209. The van der Waals surface area contributed by atoms with Gasteiger partial charge in [0.1, 0.15) is 5.60 Å². The van der Waals surface area contributed by atoms with Crippen LogP contribution in [0.4, 0.5) is 4.79 Å². The smallest absolute Gasteiger partial charge is 0.410 e. The van der Waals surface area contributed by atoms with Crippen molar-refractivity contribution in [3.63, 3.8) is 0 Å². The molecule has 0 aliphatic carbocycles. The average Bonchev–Trinajstić information content (AvgIpc) is 3.13. The molecule has 2 saturated heterocycles. The number of carbonyl (C=O) groups excluding carboxylic acids is 2. The minimum Gasteiger partial charge on any atom is -0.444 e. The predicted molar refractivity (Wildman–Crippen MR) is 115 cm³/mol. The predicted octanol–water partition coefficient (Wildman–Crippen LogP) is 2.20. The van der Waals surface area contributed by atoms with Crippen LogP contribution in [0.1, 0.15) is 60.3 Å². The zero-order valence-corrected chi connectivity index (χ0v) is 18.8. The van der Waals surface area contributed by atoms with Crippen molar-refractivity contribution in [3.05, 3.63) is 0 Å². The largest absolute Gasteiger partial charge is 0.444 e. The van der Waals surface area contributed by atoms with E-state index in [2.05, 4.69) is 10.6 Å². The Labute approximate surface area is 175 Å². The number of likely N-dealkylation sites (tertiary alicyclic amines) is 2. The Morgan fingerprint density at radius 1 is 1.10 bits per heavy atom. The van der Waals surface area contributed by atoms with Gasteiger partial charge in [-0.05, 0) is 52.9 Å². The number of guanidine groups is 1. The van der Waals surface area contributed by atoms with Gasteiger partial charge in [0.2, 0.25) is 5.91 Å². The molecule has 2 unspecified atom stereocenters. The number of hydrogen-bond acceptors (Lipinski definition) is 4. The number of carbonyl (C=O) groups is 2. The zero-order chi connectivity index (χ0) is 21.4. The molecular weight excluding hydrogens is 370 g/mol. The molecule has 2 aliphatic rings. The molecule has 166 valence electrons. The van der Waals surface area contributed by atoms with Crippen molar-refractivity contribution < 1.29 is 14.3 Å². The molecule has 8 nitrogen and oxygen atoms in total. The summed E-state index contributed by atoms with van der Waals surface area (Å²) in [7, 11) is 0. The van der Waals surface area contributed by atoms with Gasteiger partial charge in [-0.2, -0.15) is 0 Å². The van der Waals surface area contributed by atoms with E-state index in [1.807, 2.05) is 39.5 Å². The van der Waals surface area contributed by atoms with Crippen LogP contribution in [0.5, 0.6) is 0 Å². The number of ether oxygens (including phenoxy) is 1. The van der Waals surface area contributed by atoms with Crippen LogP contribution in [0.15, 0.2) is 4.99 Å².